The number of anilines is 1. The summed E-state index contributed by atoms with van der Waals surface area (Å²) >= 11 is 0. The summed E-state index contributed by atoms with van der Waals surface area (Å²) in [5, 5.41) is 20.1. The van der Waals surface area contributed by atoms with Crippen LogP contribution in [-0.2, 0) is 13.0 Å². The van der Waals surface area contributed by atoms with Crippen LogP contribution < -0.4 is 10.1 Å². The monoisotopic (exact) mass is 432 g/mol. The van der Waals surface area contributed by atoms with E-state index in [2.05, 4.69) is 64.7 Å². The Morgan fingerprint density at radius 3 is 2.34 bits per heavy atom. The fraction of sp³-hybridized carbons (Fsp3) is 0.346. The van der Waals surface area contributed by atoms with Crippen molar-refractivity contribution in [2.75, 3.05) is 18.5 Å². The molecule has 2 aromatic carbocycles. The number of benzene rings is 2. The van der Waals surface area contributed by atoms with Crippen molar-refractivity contribution in [2.24, 2.45) is 0 Å². The Kier molecular flexibility index (Phi) is 7.95. The highest BCUT2D eigenvalue weighted by molar-refractivity contribution is 5.78. The van der Waals surface area contributed by atoms with Gasteiger partial charge in [0.05, 0.1) is 18.0 Å². The van der Waals surface area contributed by atoms with Crippen molar-refractivity contribution in [3.8, 4) is 17.1 Å². The molecule has 0 unspecified atom stereocenters. The van der Waals surface area contributed by atoms with Crippen molar-refractivity contribution in [2.45, 2.75) is 47.1 Å². The van der Waals surface area contributed by atoms with Crippen molar-refractivity contribution in [3.05, 3.63) is 70.5 Å². The number of aliphatic hydroxyl groups excluding tert-OH is 1. The first-order valence-corrected chi connectivity index (χ1v) is 10.9. The number of aliphatic hydroxyl groups is 1. The molecule has 3 rings (SSSR count). The van der Waals surface area contributed by atoms with Gasteiger partial charge in [-0.05, 0) is 74.9 Å². The average Bonchev–Trinajstić information content (AvgIpc) is 2.76. The Morgan fingerprint density at radius 1 is 1.03 bits per heavy atom. The van der Waals surface area contributed by atoms with Crippen LogP contribution in [0.2, 0.25) is 0 Å². The molecular weight excluding hydrogens is 400 g/mol. The van der Waals surface area contributed by atoms with Gasteiger partial charge < -0.3 is 20.6 Å². The number of hydrogen-bond donors (Lipinski definition) is 3. The summed E-state index contributed by atoms with van der Waals surface area (Å²) in [6, 6.07) is 15.0. The molecule has 0 atom stereocenters. The lowest BCUT2D eigenvalue weighted by Gasteiger charge is -2.16. The minimum atomic E-state index is -0.0659. The SMILES string of the molecule is CC(=N)CCc1ccc(NCc2cccc(-c3c(C)nc(OCCO)nc3C)c2C)cc1. The van der Waals surface area contributed by atoms with Crippen LogP contribution in [-0.4, -0.2) is 34.0 Å². The van der Waals surface area contributed by atoms with Gasteiger partial charge in [0.25, 0.3) is 0 Å². The zero-order valence-corrected chi connectivity index (χ0v) is 19.3. The van der Waals surface area contributed by atoms with Crippen molar-refractivity contribution < 1.29 is 9.84 Å². The Bertz CT molecular complexity index is 1050. The van der Waals surface area contributed by atoms with Crippen molar-refractivity contribution >= 4 is 11.4 Å². The zero-order valence-electron chi connectivity index (χ0n) is 19.3. The van der Waals surface area contributed by atoms with Crippen LogP contribution in [0.15, 0.2) is 42.5 Å². The van der Waals surface area contributed by atoms with E-state index in [9.17, 15) is 0 Å². The van der Waals surface area contributed by atoms with Gasteiger partial charge in [0.15, 0.2) is 0 Å². The van der Waals surface area contributed by atoms with E-state index in [0.717, 1.165) is 47.6 Å². The molecule has 0 bridgehead atoms. The smallest absolute Gasteiger partial charge is 0.316 e. The van der Waals surface area contributed by atoms with Gasteiger partial charge in [-0.25, -0.2) is 0 Å². The molecule has 32 heavy (non-hydrogen) atoms. The Balaban J connectivity index is 1.75. The minimum absolute atomic E-state index is 0.0659. The Labute approximate surface area is 190 Å². The van der Waals surface area contributed by atoms with E-state index in [1.807, 2.05) is 20.8 Å². The third-order valence-corrected chi connectivity index (χ3v) is 5.51. The van der Waals surface area contributed by atoms with Crippen LogP contribution in [0.4, 0.5) is 5.69 Å². The number of aromatic nitrogens is 2. The highest BCUT2D eigenvalue weighted by Crippen LogP contribution is 2.31. The summed E-state index contributed by atoms with van der Waals surface area (Å²) in [4.78, 5) is 8.95. The van der Waals surface area contributed by atoms with Gasteiger partial charge in [-0.2, -0.15) is 9.97 Å². The molecule has 3 aromatic rings. The molecule has 0 fully saturated rings. The molecule has 0 saturated carbocycles. The maximum Gasteiger partial charge on any atom is 0.316 e. The van der Waals surface area contributed by atoms with Crippen molar-refractivity contribution in [1.82, 2.24) is 9.97 Å². The van der Waals surface area contributed by atoms with Crippen LogP contribution >= 0.6 is 0 Å². The van der Waals surface area contributed by atoms with Gasteiger partial charge in [0.1, 0.15) is 6.61 Å². The van der Waals surface area contributed by atoms with E-state index in [1.54, 1.807) is 0 Å². The van der Waals surface area contributed by atoms with E-state index in [0.29, 0.717) is 11.7 Å². The van der Waals surface area contributed by atoms with Crippen LogP contribution in [0.1, 0.15) is 41.4 Å². The second-order valence-corrected chi connectivity index (χ2v) is 8.04. The number of aryl methyl sites for hydroxylation is 3. The van der Waals surface area contributed by atoms with Gasteiger partial charge in [-0.3, -0.25) is 0 Å². The molecule has 6 heteroatoms. The standard InChI is InChI=1S/C26H32N4O2/c1-17(27)8-9-21-10-12-23(13-11-21)28-16-22-6-5-7-24(18(22)2)25-19(3)29-26(30-20(25)4)32-15-14-31/h5-7,10-13,27-28,31H,8-9,14-16H2,1-4H3. The molecule has 1 heterocycles. The first-order valence-electron chi connectivity index (χ1n) is 10.9. The maximum absolute atomic E-state index is 8.96. The van der Waals surface area contributed by atoms with Crippen molar-refractivity contribution in [1.29, 1.82) is 5.41 Å². The minimum Gasteiger partial charge on any atom is -0.461 e. The number of nitrogens with zero attached hydrogens (tertiary/aromatic N) is 2. The van der Waals surface area contributed by atoms with Crippen molar-refractivity contribution in [3.63, 3.8) is 0 Å². The van der Waals surface area contributed by atoms with Gasteiger partial charge in [-0.1, -0.05) is 30.3 Å². The molecule has 0 aliphatic heterocycles. The summed E-state index contributed by atoms with van der Waals surface area (Å²) in [5.41, 5.74) is 9.29. The number of hydrogen-bond acceptors (Lipinski definition) is 6. The molecular formula is C26H32N4O2. The first kappa shape index (κ1) is 23.4. The Morgan fingerprint density at radius 2 is 1.72 bits per heavy atom. The first-order chi connectivity index (χ1) is 15.4. The number of nitrogens with one attached hydrogen (secondary N) is 2. The highest BCUT2D eigenvalue weighted by Gasteiger charge is 2.15. The summed E-state index contributed by atoms with van der Waals surface area (Å²) in [6.07, 6.45) is 1.71. The largest absolute Gasteiger partial charge is 0.461 e. The fourth-order valence-corrected chi connectivity index (χ4v) is 3.74. The summed E-state index contributed by atoms with van der Waals surface area (Å²) < 4.78 is 5.39. The lowest BCUT2D eigenvalue weighted by Crippen LogP contribution is -2.08. The molecule has 3 N–H and O–H groups in total. The Hall–Kier alpha value is -3.25. The third-order valence-electron chi connectivity index (χ3n) is 5.51. The molecule has 168 valence electrons. The van der Waals surface area contributed by atoms with E-state index in [1.165, 1.54) is 16.7 Å². The normalized spacial score (nSPS) is 10.8. The lowest BCUT2D eigenvalue weighted by molar-refractivity contribution is 0.191. The van der Waals surface area contributed by atoms with E-state index < -0.39 is 0 Å². The average molecular weight is 433 g/mol. The topological polar surface area (TPSA) is 91.1 Å². The van der Waals surface area contributed by atoms with Gasteiger partial charge >= 0.3 is 6.01 Å². The van der Waals surface area contributed by atoms with Gasteiger partial charge in [0.2, 0.25) is 0 Å². The van der Waals surface area contributed by atoms with Gasteiger partial charge in [-0.15, -0.1) is 0 Å². The van der Waals surface area contributed by atoms with E-state index in [-0.39, 0.29) is 13.2 Å². The van der Waals surface area contributed by atoms with Gasteiger partial charge in [0, 0.05) is 23.5 Å². The molecule has 0 aliphatic rings. The molecule has 0 amide bonds. The summed E-state index contributed by atoms with van der Waals surface area (Å²) in [5.74, 6) is 0. The molecule has 0 radical (unpaired) electrons. The number of ether oxygens (including phenoxy) is 1. The molecule has 1 aromatic heterocycles. The zero-order chi connectivity index (χ0) is 23.1. The summed E-state index contributed by atoms with van der Waals surface area (Å²) in [7, 11) is 0. The molecule has 0 saturated heterocycles. The quantitative estimate of drug-likeness (QED) is 0.391. The molecule has 6 nitrogen and oxygen atoms in total. The van der Waals surface area contributed by atoms with Crippen LogP contribution in [0, 0.1) is 26.2 Å². The highest BCUT2D eigenvalue weighted by atomic mass is 16.5. The van der Waals surface area contributed by atoms with Crippen LogP contribution in [0.3, 0.4) is 0 Å². The predicted molar refractivity (Wildman–Crippen MR) is 130 cm³/mol. The third kappa shape index (κ3) is 5.92. The van der Waals surface area contributed by atoms with Crippen LogP contribution in [0.5, 0.6) is 6.01 Å². The lowest BCUT2D eigenvalue weighted by atomic mass is 9.94. The van der Waals surface area contributed by atoms with E-state index in [4.69, 9.17) is 15.3 Å². The second-order valence-electron chi connectivity index (χ2n) is 8.04. The predicted octanol–water partition coefficient (Wildman–Crippen LogP) is 5.02. The maximum atomic E-state index is 8.96. The summed E-state index contributed by atoms with van der Waals surface area (Å²) in [6.45, 7) is 8.73. The second kappa shape index (κ2) is 10.9. The molecule has 0 aliphatic carbocycles. The number of rotatable bonds is 10. The van der Waals surface area contributed by atoms with E-state index >= 15 is 0 Å². The van der Waals surface area contributed by atoms with Crippen LogP contribution in [0.25, 0.3) is 11.1 Å². The fourth-order valence-electron chi connectivity index (χ4n) is 3.74. The molecule has 0 spiro atoms.